The van der Waals surface area contributed by atoms with Gasteiger partial charge in [0.1, 0.15) is 12.3 Å². The Morgan fingerprint density at radius 2 is 2.19 bits per heavy atom. The van der Waals surface area contributed by atoms with Crippen LogP contribution in [0.3, 0.4) is 0 Å². The number of nitrogens with zero attached hydrogens (tertiary/aromatic N) is 1. The molecule has 0 aliphatic carbocycles. The SMILES string of the molecule is O=C(OCc1cccnc1F)c1cc2ccc(Cl)cc2[nH]1. The summed E-state index contributed by atoms with van der Waals surface area (Å²) in [4.78, 5) is 18.4. The molecule has 0 spiro atoms. The van der Waals surface area contributed by atoms with E-state index in [1.54, 1.807) is 30.3 Å². The molecule has 2 aromatic heterocycles. The number of aromatic nitrogens is 2. The third-order valence-electron chi connectivity index (χ3n) is 3.00. The smallest absolute Gasteiger partial charge is 0.355 e. The van der Waals surface area contributed by atoms with E-state index >= 15 is 0 Å². The van der Waals surface area contributed by atoms with Gasteiger partial charge in [0.05, 0.1) is 0 Å². The fourth-order valence-electron chi connectivity index (χ4n) is 1.96. The molecule has 1 aromatic carbocycles. The largest absolute Gasteiger partial charge is 0.456 e. The van der Waals surface area contributed by atoms with E-state index < -0.39 is 11.9 Å². The maximum absolute atomic E-state index is 13.3. The number of esters is 1. The fourth-order valence-corrected chi connectivity index (χ4v) is 2.13. The molecule has 0 bridgehead atoms. The van der Waals surface area contributed by atoms with Crippen molar-refractivity contribution in [3.8, 4) is 0 Å². The number of hydrogen-bond donors (Lipinski definition) is 1. The van der Waals surface area contributed by atoms with Gasteiger partial charge >= 0.3 is 5.97 Å². The zero-order valence-corrected chi connectivity index (χ0v) is 11.5. The lowest BCUT2D eigenvalue weighted by atomic mass is 10.2. The molecule has 0 amide bonds. The van der Waals surface area contributed by atoms with E-state index in [4.69, 9.17) is 16.3 Å². The van der Waals surface area contributed by atoms with Gasteiger partial charge in [-0.2, -0.15) is 4.39 Å². The number of nitrogens with one attached hydrogen (secondary N) is 1. The van der Waals surface area contributed by atoms with Gasteiger partial charge in [-0.15, -0.1) is 0 Å². The lowest BCUT2D eigenvalue weighted by molar-refractivity contribution is 0.0462. The van der Waals surface area contributed by atoms with Gasteiger partial charge in [-0.3, -0.25) is 0 Å². The minimum atomic E-state index is -0.645. The summed E-state index contributed by atoms with van der Waals surface area (Å²) in [6.07, 6.45) is 1.34. The first-order valence-electron chi connectivity index (χ1n) is 6.18. The summed E-state index contributed by atoms with van der Waals surface area (Å²) in [5, 5.41) is 1.42. The van der Waals surface area contributed by atoms with Crippen LogP contribution in [0.25, 0.3) is 10.9 Å². The average molecular weight is 305 g/mol. The van der Waals surface area contributed by atoms with E-state index in [0.717, 1.165) is 10.9 Å². The number of hydrogen-bond acceptors (Lipinski definition) is 3. The molecule has 4 nitrogen and oxygen atoms in total. The Morgan fingerprint density at radius 3 is 3.00 bits per heavy atom. The second-order valence-corrected chi connectivity index (χ2v) is 4.88. The maximum atomic E-state index is 13.3. The molecule has 3 aromatic rings. The van der Waals surface area contributed by atoms with Crippen LogP contribution in [0.1, 0.15) is 16.1 Å². The molecule has 0 aliphatic heterocycles. The quantitative estimate of drug-likeness (QED) is 0.593. The highest BCUT2D eigenvalue weighted by Crippen LogP contribution is 2.20. The number of benzene rings is 1. The monoisotopic (exact) mass is 304 g/mol. The third kappa shape index (κ3) is 2.87. The van der Waals surface area contributed by atoms with Gasteiger partial charge in [0, 0.05) is 27.7 Å². The van der Waals surface area contributed by atoms with E-state index in [2.05, 4.69) is 9.97 Å². The van der Waals surface area contributed by atoms with Crippen LogP contribution in [-0.4, -0.2) is 15.9 Å². The Hall–Kier alpha value is -2.40. The van der Waals surface area contributed by atoms with Crippen LogP contribution in [0.5, 0.6) is 0 Å². The highest BCUT2D eigenvalue weighted by Gasteiger charge is 2.12. The zero-order valence-electron chi connectivity index (χ0n) is 10.8. The summed E-state index contributed by atoms with van der Waals surface area (Å²) in [5.74, 6) is -1.21. The summed E-state index contributed by atoms with van der Waals surface area (Å²) in [5.41, 5.74) is 1.25. The summed E-state index contributed by atoms with van der Waals surface area (Å²) in [6.45, 7) is -0.172. The fraction of sp³-hybridized carbons (Fsp3) is 0.0667. The lowest BCUT2D eigenvalue weighted by Crippen LogP contribution is -2.07. The van der Waals surface area contributed by atoms with Crippen molar-refractivity contribution < 1.29 is 13.9 Å². The van der Waals surface area contributed by atoms with Gasteiger partial charge in [0.15, 0.2) is 0 Å². The van der Waals surface area contributed by atoms with Crippen molar-refractivity contribution in [1.29, 1.82) is 0 Å². The van der Waals surface area contributed by atoms with Crippen molar-refractivity contribution >= 4 is 28.5 Å². The molecule has 0 aliphatic rings. The van der Waals surface area contributed by atoms with Crippen LogP contribution >= 0.6 is 11.6 Å². The Bertz CT molecular complexity index is 816. The molecule has 2 heterocycles. The number of carbonyl (C=O) groups excluding carboxylic acids is 1. The van der Waals surface area contributed by atoms with Crippen molar-refractivity contribution in [3.63, 3.8) is 0 Å². The normalized spacial score (nSPS) is 10.8. The topological polar surface area (TPSA) is 55.0 Å². The first-order valence-corrected chi connectivity index (χ1v) is 6.56. The number of H-pyrrole nitrogens is 1. The van der Waals surface area contributed by atoms with Crippen LogP contribution in [0.15, 0.2) is 42.6 Å². The third-order valence-corrected chi connectivity index (χ3v) is 3.23. The molecule has 6 heteroatoms. The summed E-state index contributed by atoms with van der Waals surface area (Å²) < 4.78 is 18.4. The Labute approximate surface area is 124 Å². The number of aromatic amines is 1. The van der Waals surface area contributed by atoms with Crippen molar-refractivity contribution in [2.75, 3.05) is 0 Å². The minimum Gasteiger partial charge on any atom is -0.456 e. The van der Waals surface area contributed by atoms with Gasteiger partial charge in [-0.05, 0) is 30.3 Å². The Morgan fingerprint density at radius 1 is 1.33 bits per heavy atom. The number of ether oxygens (including phenoxy) is 1. The highest BCUT2D eigenvalue weighted by atomic mass is 35.5. The summed E-state index contributed by atoms with van der Waals surface area (Å²) >= 11 is 5.88. The molecule has 0 saturated heterocycles. The number of rotatable bonds is 3. The molecule has 106 valence electrons. The lowest BCUT2D eigenvalue weighted by Gasteiger charge is -2.03. The Kier molecular flexibility index (Phi) is 3.58. The van der Waals surface area contributed by atoms with Gasteiger partial charge in [0.25, 0.3) is 0 Å². The molecular weight excluding hydrogens is 295 g/mol. The first kappa shape index (κ1) is 13.6. The van der Waals surface area contributed by atoms with Crippen molar-refractivity contribution in [2.24, 2.45) is 0 Å². The Balaban J connectivity index is 1.76. The molecule has 21 heavy (non-hydrogen) atoms. The molecule has 3 rings (SSSR count). The van der Waals surface area contributed by atoms with E-state index in [9.17, 15) is 9.18 Å². The van der Waals surface area contributed by atoms with E-state index in [-0.39, 0.29) is 17.9 Å². The van der Waals surface area contributed by atoms with Crippen LogP contribution in [0, 0.1) is 5.95 Å². The highest BCUT2D eigenvalue weighted by molar-refractivity contribution is 6.31. The minimum absolute atomic E-state index is 0.172. The zero-order chi connectivity index (χ0) is 14.8. The van der Waals surface area contributed by atoms with Gasteiger partial charge in [-0.25, -0.2) is 9.78 Å². The number of pyridine rings is 1. The number of halogens is 2. The predicted molar refractivity (Wildman–Crippen MR) is 76.6 cm³/mol. The number of carbonyl (C=O) groups is 1. The molecule has 0 unspecified atom stereocenters. The van der Waals surface area contributed by atoms with E-state index in [1.165, 1.54) is 12.3 Å². The first-order chi connectivity index (χ1) is 10.1. The predicted octanol–water partition coefficient (Wildman–Crippen LogP) is 3.71. The molecule has 0 radical (unpaired) electrons. The van der Waals surface area contributed by atoms with E-state index in [0.29, 0.717) is 5.02 Å². The number of fused-ring (bicyclic) bond motifs is 1. The van der Waals surface area contributed by atoms with Crippen LogP contribution in [0.2, 0.25) is 5.02 Å². The van der Waals surface area contributed by atoms with Crippen molar-refractivity contribution in [3.05, 3.63) is 64.8 Å². The van der Waals surface area contributed by atoms with Crippen molar-refractivity contribution in [1.82, 2.24) is 9.97 Å². The van der Waals surface area contributed by atoms with Gasteiger partial charge < -0.3 is 9.72 Å². The maximum Gasteiger partial charge on any atom is 0.355 e. The van der Waals surface area contributed by atoms with E-state index in [1.807, 2.05) is 0 Å². The molecular formula is C15H10ClFN2O2. The van der Waals surface area contributed by atoms with Crippen LogP contribution < -0.4 is 0 Å². The summed E-state index contributed by atoms with van der Waals surface area (Å²) in [6, 6.07) is 10.0. The van der Waals surface area contributed by atoms with Crippen LogP contribution in [-0.2, 0) is 11.3 Å². The second-order valence-electron chi connectivity index (χ2n) is 4.44. The van der Waals surface area contributed by atoms with Gasteiger partial charge in [0.2, 0.25) is 5.95 Å². The molecule has 0 saturated carbocycles. The molecule has 1 N–H and O–H groups in total. The van der Waals surface area contributed by atoms with Crippen LogP contribution in [0.4, 0.5) is 4.39 Å². The standard InChI is InChI=1S/C15H10ClFN2O2/c16-11-4-3-9-6-13(19-12(9)7-11)15(20)21-8-10-2-1-5-18-14(10)17/h1-7,19H,8H2. The van der Waals surface area contributed by atoms with Gasteiger partial charge in [-0.1, -0.05) is 17.7 Å². The van der Waals surface area contributed by atoms with Crippen molar-refractivity contribution in [2.45, 2.75) is 6.61 Å². The second kappa shape index (κ2) is 5.54. The molecule has 0 atom stereocenters. The average Bonchev–Trinajstić information content (AvgIpc) is 2.89. The molecule has 0 fully saturated rings. The summed E-state index contributed by atoms with van der Waals surface area (Å²) in [7, 11) is 0.